The molecule has 0 saturated heterocycles. The van der Waals surface area contributed by atoms with Crippen LogP contribution in [0.4, 0.5) is 5.13 Å². The Morgan fingerprint density at radius 3 is 2.79 bits per heavy atom. The molecule has 0 spiro atoms. The Balaban J connectivity index is 2.38. The molecule has 0 unspecified atom stereocenters. The minimum Gasteiger partial charge on any atom is -0.477 e. The molecule has 0 fully saturated rings. The number of aryl methyl sites for hydroxylation is 1. The number of hydrogen-bond acceptors (Lipinski definition) is 7. The van der Waals surface area contributed by atoms with Gasteiger partial charge in [-0.15, -0.1) is 0 Å². The second kappa shape index (κ2) is 4.93. The standard InChI is InChI=1S/C8H9N5O4S2/c1-2-13-4-5(3-6(13)7(14)15)19(16,17)10-8-9-11-12-18-8/h3-4H,2H2,1H3,(H,14,15)(H,9,10,12). The number of rotatable bonds is 5. The van der Waals surface area contributed by atoms with E-state index in [0.29, 0.717) is 6.54 Å². The molecule has 0 radical (unpaired) electrons. The second-order valence-corrected chi connectivity index (χ2v) is 5.84. The number of hydrogen-bond donors (Lipinski definition) is 2. The highest BCUT2D eigenvalue weighted by atomic mass is 32.2. The zero-order chi connectivity index (χ0) is 14.0. The first kappa shape index (κ1) is 13.4. The molecule has 2 rings (SSSR count). The zero-order valence-electron chi connectivity index (χ0n) is 9.64. The van der Waals surface area contributed by atoms with Crippen molar-refractivity contribution in [2.45, 2.75) is 18.4 Å². The number of aromatic carboxylic acids is 1. The van der Waals surface area contributed by atoms with Crippen molar-refractivity contribution in [1.82, 2.24) is 19.4 Å². The molecule has 0 aromatic carbocycles. The van der Waals surface area contributed by atoms with Gasteiger partial charge in [0, 0.05) is 24.3 Å². The minimum atomic E-state index is -3.89. The van der Waals surface area contributed by atoms with Crippen LogP contribution < -0.4 is 4.72 Å². The minimum absolute atomic E-state index is 0.0149. The van der Waals surface area contributed by atoms with E-state index < -0.39 is 16.0 Å². The van der Waals surface area contributed by atoms with Gasteiger partial charge in [0.15, 0.2) is 0 Å². The number of aromatic nitrogens is 4. The molecule has 102 valence electrons. The molecule has 19 heavy (non-hydrogen) atoms. The molecule has 11 heteroatoms. The Labute approximate surface area is 112 Å². The van der Waals surface area contributed by atoms with E-state index in [4.69, 9.17) is 5.11 Å². The summed E-state index contributed by atoms with van der Waals surface area (Å²) in [5, 5.41) is 15.7. The lowest BCUT2D eigenvalue weighted by molar-refractivity contribution is 0.0685. The molecule has 2 N–H and O–H groups in total. The lowest BCUT2D eigenvalue weighted by Crippen LogP contribution is -2.12. The molecule has 2 aromatic rings. The van der Waals surface area contributed by atoms with Gasteiger partial charge in [0.05, 0.1) is 0 Å². The van der Waals surface area contributed by atoms with Crippen LogP contribution in [0.15, 0.2) is 17.2 Å². The number of carbonyl (C=O) groups is 1. The summed E-state index contributed by atoms with van der Waals surface area (Å²) in [6.45, 7) is 2.06. The summed E-state index contributed by atoms with van der Waals surface area (Å²) >= 11 is 0.782. The van der Waals surface area contributed by atoms with Crippen LogP contribution in [0.3, 0.4) is 0 Å². The average Bonchev–Trinajstić information content (AvgIpc) is 2.95. The maximum atomic E-state index is 12.0. The molecule has 9 nitrogen and oxygen atoms in total. The molecular formula is C8H9N5O4S2. The summed E-state index contributed by atoms with van der Waals surface area (Å²) in [7, 11) is -3.89. The topological polar surface area (TPSA) is 127 Å². The van der Waals surface area contributed by atoms with Crippen LogP contribution >= 0.6 is 11.5 Å². The summed E-state index contributed by atoms with van der Waals surface area (Å²) in [4.78, 5) is 10.8. The van der Waals surface area contributed by atoms with E-state index in [1.165, 1.54) is 10.8 Å². The van der Waals surface area contributed by atoms with Gasteiger partial charge in [-0.2, -0.15) is 0 Å². The van der Waals surface area contributed by atoms with Crippen LogP contribution in [-0.2, 0) is 16.6 Å². The van der Waals surface area contributed by atoms with Crippen LogP contribution in [0.5, 0.6) is 0 Å². The quantitative estimate of drug-likeness (QED) is 0.810. The summed E-state index contributed by atoms with van der Waals surface area (Å²) < 4.78 is 30.9. The Kier molecular flexibility index (Phi) is 3.48. The summed E-state index contributed by atoms with van der Waals surface area (Å²) in [6, 6.07) is 1.09. The van der Waals surface area contributed by atoms with Crippen molar-refractivity contribution >= 4 is 32.7 Å². The summed E-state index contributed by atoms with van der Waals surface area (Å²) in [6.07, 6.45) is 1.25. The maximum Gasteiger partial charge on any atom is 0.352 e. The average molecular weight is 303 g/mol. The number of anilines is 1. The first-order valence-corrected chi connectivity index (χ1v) is 7.31. The molecule has 0 atom stereocenters. The van der Waals surface area contributed by atoms with Gasteiger partial charge >= 0.3 is 5.97 Å². The third-order valence-electron chi connectivity index (χ3n) is 2.26. The van der Waals surface area contributed by atoms with Crippen molar-refractivity contribution in [3.05, 3.63) is 18.0 Å². The van der Waals surface area contributed by atoms with Gasteiger partial charge in [0.2, 0.25) is 5.13 Å². The van der Waals surface area contributed by atoms with Gasteiger partial charge in [-0.3, -0.25) is 4.72 Å². The normalized spacial score (nSPS) is 11.4. The first-order chi connectivity index (χ1) is 8.94. The Bertz CT molecular complexity index is 691. The van der Waals surface area contributed by atoms with Crippen LogP contribution in [0, 0.1) is 0 Å². The van der Waals surface area contributed by atoms with E-state index in [0.717, 1.165) is 17.6 Å². The van der Waals surface area contributed by atoms with Crippen LogP contribution in [-0.4, -0.2) is 38.9 Å². The lowest BCUT2D eigenvalue weighted by Gasteiger charge is -2.01. The fraction of sp³-hybridized carbons (Fsp3) is 0.250. The highest BCUT2D eigenvalue weighted by molar-refractivity contribution is 7.93. The fourth-order valence-corrected chi connectivity index (χ4v) is 3.04. The predicted octanol–water partition coefficient (Wildman–Crippen LogP) is 0.253. The predicted molar refractivity (Wildman–Crippen MR) is 65.6 cm³/mol. The molecule has 0 aliphatic carbocycles. The molecule has 0 amide bonds. The molecule has 0 saturated carbocycles. The van der Waals surface area contributed by atoms with Gasteiger partial charge in [0.25, 0.3) is 10.0 Å². The molecular weight excluding hydrogens is 294 g/mol. The molecule has 2 heterocycles. The number of nitrogens with zero attached hydrogens (tertiary/aromatic N) is 4. The fourth-order valence-electron chi connectivity index (χ4n) is 1.42. The molecule has 0 aliphatic heterocycles. The van der Waals surface area contributed by atoms with Gasteiger partial charge < -0.3 is 9.67 Å². The summed E-state index contributed by atoms with van der Waals surface area (Å²) in [5.74, 6) is -1.19. The largest absolute Gasteiger partial charge is 0.477 e. The van der Waals surface area contributed by atoms with Gasteiger partial charge in [-0.05, 0) is 18.2 Å². The van der Waals surface area contributed by atoms with E-state index in [-0.39, 0.29) is 15.7 Å². The van der Waals surface area contributed by atoms with E-state index in [1.54, 1.807) is 6.92 Å². The Hall–Kier alpha value is -2.01. The van der Waals surface area contributed by atoms with Gasteiger partial charge in [-0.1, -0.05) is 9.59 Å². The van der Waals surface area contributed by atoms with Gasteiger partial charge in [0.1, 0.15) is 10.6 Å². The SMILES string of the molecule is CCn1cc(S(=O)(=O)Nc2nnns2)cc1C(=O)O. The lowest BCUT2D eigenvalue weighted by atomic mass is 10.4. The zero-order valence-corrected chi connectivity index (χ0v) is 11.3. The van der Waals surface area contributed by atoms with E-state index in [9.17, 15) is 13.2 Å². The third-order valence-corrected chi connectivity index (χ3v) is 4.21. The highest BCUT2D eigenvalue weighted by Crippen LogP contribution is 2.18. The van der Waals surface area contributed by atoms with E-state index in [2.05, 4.69) is 19.5 Å². The number of sulfonamides is 1. The van der Waals surface area contributed by atoms with Crippen molar-refractivity contribution in [1.29, 1.82) is 0 Å². The van der Waals surface area contributed by atoms with Gasteiger partial charge in [-0.25, -0.2) is 13.2 Å². The number of carboxylic acid groups (broad SMARTS) is 1. The first-order valence-electron chi connectivity index (χ1n) is 5.05. The summed E-state index contributed by atoms with van der Waals surface area (Å²) in [5.41, 5.74) is -0.0988. The van der Waals surface area contributed by atoms with Crippen molar-refractivity contribution in [2.75, 3.05) is 4.72 Å². The van der Waals surface area contributed by atoms with Crippen LogP contribution in [0.25, 0.3) is 0 Å². The van der Waals surface area contributed by atoms with Crippen LogP contribution in [0.1, 0.15) is 17.4 Å². The third kappa shape index (κ3) is 2.71. The Morgan fingerprint density at radius 1 is 1.58 bits per heavy atom. The smallest absolute Gasteiger partial charge is 0.352 e. The Morgan fingerprint density at radius 2 is 2.32 bits per heavy atom. The molecule has 0 bridgehead atoms. The second-order valence-electron chi connectivity index (χ2n) is 3.43. The molecule has 2 aromatic heterocycles. The van der Waals surface area contributed by atoms with Crippen molar-refractivity contribution < 1.29 is 18.3 Å². The number of carboxylic acids is 1. The number of nitrogens with one attached hydrogen (secondary N) is 1. The van der Waals surface area contributed by atoms with E-state index in [1.807, 2.05) is 0 Å². The van der Waals surface area contributed by atoms with Crippen molar-refractivity contribution in [3.8, 4) is 0 Å². The maximum absolute atomic E-state index is 12.0. The van der Waals surface area contributed by atoms with Crippen LogP contribution in [0.2, 0.25) is 0 Å². The highest BCUT2D eigenvalue weighted by Gasteiger charge is 2.22. The monoisotopic (exact) mass is 303 g/mol. The van der Waals surface area contributed by atoms with E-state index >= 15 is 0 Å². The molecule has 0 aliphatic rings. The van der Waals surface area contributed by atoms with Crippen molar-refractivity contribution in [3.63, 3.8) is 0 Å². The van der Waals surface area contributed by atoms with Crippen molar-refractivity contribution in [2.24, 2.45) is 0 Å².